The van der Waals surface area contributed by atoms with E-state index in [1.807, 2.05) is 0 Å². The fourth-order valence-corrected chi connectivity index (χ4v) is 2.54. The van der Waals surface area contributed by atoms with Crippen LogP contribution in [0.3, 0.4) is 0 Å². The molecule has 20 heavy (non-hydrogen) atoms. The zero-order valence-corrected chi connectivity index (χ0v) is 12.4. The second-order valence-corrected chi connectivity index (χ2v) is 5.21. The van der Waals surface area contributed by atoms with E-state index in [1.54, 1.807) is 19.1 Å². The Balaban J connectivity index is 2.48. The highest BCUT2D eigenvalue weighted by Gasteiger charge is 2.30. The van der Waals surface area contributed by atoms with Crippen molar-refractivity contribution in [3.8, 4) is 5.75 Å². The van der Waals surface area contributed by atoms with Gasteiger partial charge in [0.25, 0.3) is 0 Å². The normalized spacial score (nSPS) is 17.2. The topological polar surface area (TPSA) is 63.6 Å². The minimum atomic E-state index is -1.11. The molecule has 4 nitrogen and oxygen atoms in total. The molecule has 106 valence electrons. The zero-order chi connectivity index (χ0) is 15.0. The van der Waals surface area contributed by atoms with Crippen LogP contribution in [-0.4, -0.2) is 23.0 Å². The second-order valence-electron chi connectivity index (χ2n) is 4.45. The van der Waals surface area contributed by atoms with Crippen LogP contribution in [0.5, 0.6) is 5.75 Å². The van der Waals surface area contributed by atoms with Gasteiger partial charge in [0, 0.05) is 17.6 Å². The molecule has 1 atom stereocenters. The van der Waals surface area contributed by atoms with Crippen molar-refractivity contribution < 1.29 is 19.4 Å². The standard InChI is InChI=1S/C14H12Cl2O4/c1-3-7-4-8-5-9(20-6(2)14(18)19)11(15)12(16)10(8)13(7)17/h3,5-6H,4H2,1-2H3,(H,18,19)/b7-3+. The van der Waals surface area contributed by atoms with E-state index in [0.29, 0.717) is 23.1 Å². The first-order valence-corrected chi connectivity index (χ1v) is 6.72. The average Bonchev–Trinajstić information content (AvgIpc) is 2.71. The van der Waals surface area contributed by atoms with Gasteiger partial charge in [0.05, 0.1) is 5.02 Å². The van der Waals surface area contributed by atoms with Gasteiger partial charge in [-0.1, -0.05) is 29.3 Å². The van der Waals surface area contributed by atoms with Gasteiger partial charge in [0.15, 0.2) is 11.9 Å². The van der Waals surface area contributed by atoms with Crippen LogP contribution in [-0.2, 0) is 11.2 Å². The summed E-state index contributed by atoms with van der Waals surface area (Å²) in [6, 6.07) is 1.58. The van der Waals surface area contributed by atoms with Gasteiger partial charge >= 0.3 is 5.97 Å². The molecule has 0 fully saturated rings. The van der Waals surface area contributed by atoms with Crippen LogP contribution >= 0.6 is 23.2 Å². The Morgan fingerprint density at radius 1 is 1.45 bits per heavy atom. The summed E-state index contributed by atoms with van der Waals surface area (Å²) in [6.45, 7) is 3.17. The van der Waals surface area contributed by atoms with Gasteiger partial charge in [-0.3, -0.25) is 4.79 Å². The molecule has 2 rings (SSSR count). The van der Waals surface area contributed by atoms with Crippen molar-refractivity contribution in [3.05, 3.63) is 38.9 Å². The van der Waals surface area contributed by atoms with Crippen LogP contribution in [0.2, 0.25) is 10.0 Å². The Labute approximate surface area is 125 Å². The minimum Gasteiger partial charge on any atom is -0.479 e. The predicted molar refractivity (Wildman–Crippen MR) is 76.0 cm³/mol. The van der Waals surface area contributed by atoms with Crippen molar-refractivity contribution in [1.82, 2.24) is 0 Å². The lowest BCUT2D eigenvalue weighted by Gasteiger charge is -2.14. The summed E-state index contributed by atoms with van der Waals surface area (Å²) in [5.41, 5.74) is 1.71. The second kappa shape index (κ2) is 5.46. The van der Waals surface area contributed by atoms with Crippen molar-refractivity contribution in [3.63, 3.8) is 0 Å². The summed E-state index contributed by atoms with van der Waals surface area (Å²) in [7, 11) is 0. The third-order valence-electron chi connectivity index (χ3n) is 3.15. The Kier molecular flexibility index (Phi) is 4.06. The van der Waals surface area contributed by atoms with Gasteiger partial charge in [0.2, 0.25) is 0 Å². The average molecular weight is 315 g/mol. The number of carboxylic acid groups (broad SMARTS) is 1. The van der Waals surface area contributed by atoms with Crippen molar-refractivity contribution in [2.75, 3.05) is 0 Å². The minimum absolute atomic E-state index is 0.0595. The fourth-order valence-electron chi connectivity index (χ4n) is 2.04. The molecule has 1 aliphatic rings. The third-order valence-corrected chi connectivity index (χ3v) is 4.00. The van der Waals surface area contributed by atoms with Crippen LogP contribution in [0, 0.1) is 0 Å². The largest absolute Gasteiger partial charge is 0.479 e. The Morgan fingerprint density at radius 2 is 2.10 bits per heavy atom. The highest BCUT2D eigenvalue weighted by molar-refractivity contribution is 6.45. The quantitative estimate of drug-likeness (QED) is 0.867. The van der Waals surface area contributed by atoms with E-state index in [9.17, 15) is 9.59 Å². The lowest BCUT2D eigenvalue weighted by molar-refractivity contribution is -0.144. The van der Waals surface area contributed by atoms with Gasteiger partial charge in [-0.15, -0.1) is 0 Å². The first-order valence-electron chi connectivity index (χ1n) is 5.97. The van der Waals surface area contributed by atoms with E-state index in [0.717, 1.165) is 0 Å². The maximum Gasteiger partial charge on any atom is 0.344 e. The van der Waals surface area contributed by atoms with Crippen LogP contribution < -0.4 is 4.74 Å². The molecule has 1 aromatic rings. The maximum atomic E-state index is 12.1. The third kappa shape index (κ3) is 2.41. The number of carboxylic acids is 1. The van der Waals surface area contributed by atoms with E-state index < -0.39 is 12.1 Å². The number of carbonyl (C=O) groups excluding carboxylic acids is 1. The SMILES string of the molecule is C/C=C1\Cc2cc(OC(C)C(=O)O)c(Cl)c(Cl)c2C1=O. The van der Waals surface area contributed by atoms with Crippen molar-refractivity contribution in [2.24, 2.45) is 0 Å². The molecular weight excluding hydrogens is 303 g/mol. The zero-order valence-electron chi connectivity index (χ0n) is 10.9. The molecule has 0 aliphatic heterocycles. The molecule has 6 heteroatoms. The molecule has 1 N–H and O–H groups in total. The van der Waals surface area contributed by atoms with E-state index in [4.69, 9.17) is 33.0 Å². The van der Waals surface area contributed by atoms with Crippen molar-refractivity contribution >= 4 is 35.0 Å². The lowest BCUT2D eigenvalue weighted by Crippen LogP contribution is -2.23. The number of ketones is 1. The highest BCUT2D eigenvalue weighted by Crippen LogP contribution is 2.42. The smallest absolute Gasteiger partial charge is 0.344 e. The van der Waals surface area contributed by atoms with Crippen LogP contribution in [0.4, 0.5) is 0 Å². The van der Waals surface area contributed by atoms with E-state index in [2.05, 4.69) is 0 Å². The summed E-state index contributed by atoms with van der Waals surface area (Å²) in [6.07, 6.45) is 1.12. The first-order chi connectivity index (χ1) is 9.36. The molecule has 0 heterocycles. The number of hydrogen-bond acceptors (Lipinski definition) is 3. The first kappa shape index (κ1) is 14.9. The molecule has 1 aliphatic carbocycles. The van der Waals surface area contributed by atoms with Crippen LogP contribution in [0.25, 0.3) is 0 Å². The van der Waals surface area contributed by atoms with Gasteiger partial charge in [0.1, 0.15) is 10.8 Å². The summed E-state index contributed by atoms with van der Waals surface area (Å²) >= 11 is 12.2. The Bertz CT molecular complexity index is 635. The Hall–Kier alpha value is -1.52. The molecule has 0 amide bonds. The molecule has 1 unspecified atom stereocenters. The number of Topliss-reactive ketones (excluding diaryl/α,β-unsaturated/α-hetero) is 1. The van der Waals surface area contributed by atoms with Gasteiger partial charge in [-0.2, -0.15) is 0 Å². The molecule has 0 spiro atoms. The highest BCUT2D eigenvalue weighted by atomic mass is 35.5. The fraction of sp³-hybridized carbons (Fsp3) is 0.286. The van der Waals surface area contributed by atoms with Crippen LogP contribution in [0.1, 0.15) is 29.8 Å². The molecule has 0 aromatic heterocycles. The van der Waals surface area contributed by atoms with Crippen molar-refractivity contribution in [1.29, 1.82) is 0 Å². The lowest BCUT2D eigenvalue weighted by atomic mass is 10.1. The molecule has 0 bridgehead atoms. The van der Waals surface area contributed by atoms with Crippen molar-refractivity contribution in [2.45, 2.75) is 26.4 Å². The molecule has 0 radical (unpaired) electrons. The van der Waals surface area contributed by atoms with Crippen LogP contribution in [0.15, 0.2) is 17.7 Å². The predicted octanol–water partition coefficient (Wildman–Crippen LogP) is 3.53. The Morgan fingerprint density at radius 3 is 2.65 bits per heavy atom. The maximum absolute atomic E-state index is 12.1. The van der Waals surface area contributed by atoms with Gasteiger partial charge in [-0.25, -0.2) is 4.79 Å². The number of carbonyl (C=O) groups is 2. The number of aliphatic carboxylic acids is 1. The monoisotopic (exact) mass is 314 g/mol. The molecule has 1 aromatic carbocycles. The number of halogens is 2. The van der Waals surface area contributed by atoms with E-state index in [-0.39, 0.29) is 21.6 Å². The molecular formula is C14H12Cl2O4. The number of fused-ring (bicyclic) bond motifs is 1. The van der Waals surface area contributed by atoms with Gasteiger partial charge < -0.3 is 9.84 Å². The summed E-state index contributed by atoms with van der Waals surface area (Å²) in [5, 5.41) is 9.02. The van der Waals surface area contributed by atoms with E-state index in [1.165, 1.54) is 6.92 Å². The molecule has 0 saturated carbocycles. The van der Waals surface area contributed by atoms with E-state index >= 15 is 0 Å². The number of hydrogen-bond donors (Lipinski definition) is 1. The molecule has 0 saturated heterocycles. The number of ether oxygens (including phenoxy) is 1. The number of rotatable bonds is 3. The van der Waals surface area contributed by atoms with Gasteiger partial charge in [-0.05, 0) is 25.5 Å². The number of benzene rings is 1. The summed E-state index contributed by atoms with van der Waals surface area (Å²) in [4.78, 5) is 22.9. The summed E-state index contributed by atoms with van der Waals surface area (Å²) < 4.78 is 5.27. The number of allylic oxidation sites excluding steroid dienone is 2. The summed E-state index contributed by atoms with van der Waals surface area (Å²) in [5.74, 6) is -1.08.